The van der Waals surface area contributed by atoms with Gasteiger partial charge in [0.05, 0.1) is 18.5 Å². The van der Waals surface area contributed by atoms with E-state index in [1.165, 1.54) is 6.92 Å². The highest BCUT2D eigenvalue weighted by Gasteiger charge is 2.01. The first-order valence-corrected chi connectivity index (χ1v) is 3.84. The smallest absolute Gasteiger partial charge is 0.221 e. The lowest BCUT2D eigenvalue weighted by Crippen LogP contribution is -2.07. The predicted octanol–water partition coefficient (Wildman–Crippen LogP) is 1.24. The third-order valence-electron chi connectivity index (χ3n) is 1.57. The molecule has 1 amide bonds. The van der Waals surface area contributed by atoms with Crippen LogP contribution < -0.4 is 15.8 Å². The topological polar surface area (TPSA) is 64.3 Å². The molecule has 0 spiro atoms. The molecule has 0 saturated heterocycles. The summed E-state index contributed by atoms with van der Waals surface area (Å²) in [6, 6.07) is 5.10. The van der Waals surface area contributed by atoms with Crippen LogP contribution in [0.2, 0.25) is 0 Å². The Labute approximate surface area is 76.7 Å². The Morgan fingerprint density at radius 2 is 2.23 bits per heavy atom. The number of ether oxygens (including phenoxy) is 1. The Kier molecular flexibility index (Phi) is 2.74. The molecule has 0 bridgehead atoms. The maximum atomic E-state index is 10.7. The van der Waals surface area contributed by atoms with Crippen LogP contribution in [0.1, 0.15) is 6.92 Å². The van der Waals surface area contributed by atoms with E-state index in [0.717, 1.165) is 0 Å². The molecule has 3 N–H and O–H groups in total. The number of methoxy groups -OCH3 is 1. The van der Waals surface area contributed by atoms with E-state index in [4.69, 9.17) is 10.5 Å². The number of nitrogens with one attached hydrogen (secondary N) is 1. The number of hydrogen-bond acceptors (Lipinski definition) is 3. The van der Waals surface area contributed by atoms with Gasteiger partial charge in [0.2, 0.25) is 5.91 Å². The summed E-state index contributed by atoms with van der Waals surface area (Å²) in [5.41, 5.74) is 6.75. The van der Waals surface area contributed by atoms with E-state index in [9.17, 15) is 4.79 Å². The molecule has 1 aromatic carbocycles. The molecule has 0 saturated carbocycles. The van der Waals surface area contributed by atoms with Crippen LogP contribution in [0.25, 0.3) is 0 Å². The molecular weight excluding hydrogens is 168 g/mol. The molecule has 0 heterocycles. The van der Waals surface area contributed by atoms with Gasteiger partial charge in [0.1, 0.15) is 5.75 Å². The maximum absolute atomic E-state index is 10.7. The van der Waals surface area contributed by atoms with Crippen LogP contribution in [0.3, 0.4) is 0 Å². The van der Waals surface area contributed by atoms with Crippen molar-refractivity contribution in [3.05, 3.63) is 18.2 Å². The lowest BCUT2D eigenvalue weighted by Gasteiger charge is -2.07. The van der Waals surface area contributed by atoms with Gasteiger partial charge in [0.25, 0.3) is 0 Å². The van der Waals surface area contributed by atoms with Crippen molar-refractivity contribution < 1.29 is 9.53 Å². The first-order chi connectivity index (χ1) is 6.13. The average molecular weight is 180 g/mol. The number of benzene rings is 1. The molecule has 1 rings (SSSR count). The molecular formula is C9H12N2O2. The minimum Gasteiger partial charge on any atom is -0.497 e. The average Bonchev–Trinajstić information content (AvgIpc) is 2.08. The highest BCUT2D eigenvalue weighted by molar-refractivity contribution is 5.92. The first kappa shape index (κ1) is 9.38. The van der Waals surface area contributed by atoms with E-state index in [-0.39, 0.29) is 5.91 Å². The zero-order valence-corrected chi connectivity index (χ0v) is 7.63. The summed E-state index contributed by atoms with van der Waals surface area (Å²) >= 11 is 0. The second-order valence-corrected chi connectivity index (χ2v) is 2.63. The van der Waals surface area contributed by atoms with Crippen LogP contribution in [0.4, 0.5) is 11.4 Å². The third-order valence-corrected chi connectivity index (χ3v) is 1.57. The summed E-state index contributed by atoms with van der Waals surface area (Å²) in [5, 5.41) is 2.60. The highest BCUT2D eigenvalue weighted by atomic mass is 16.5. The standard InChI is InChI=1S/C9H12N2O2/c1-6(12)11-9-4-3-7(13-2)5-8(9)10/h3-5H,10H2,1-2H3,(H,11,12). The Balaban J connectivity index is 2.91. The molecule has 13 heavy (non-hydrogen) atoms. The number of anilines is 2. The number of nitrogen functional groups attached to an aromatic ring is 1. The molecule has 4 heteroatoms. The fourth-order valence-electron chi connectivity index (χ4n) is 0.971. The second kappa shape index (κ2) is 3.80. The fraction of sp³-hybridized carbons (Fsp3) is 0.222. The van der Waals surface area contributed by atoms with Gasteiger partial charge in [0, 0.05) is 13.0 Å². The van der Waals surface area contributed by atoms with E-state index in [2.05, 4.69) is 5.32 Å². The lowest BCUT2D eigenvalue weighted by atomic mass is 10.2. The fourth-order valence-corrected chi connectivity index (χ4v) is 0.971. The zero-order valence-electron chi connectivity index (χ0n) is 7.63. The van der Waals surface area contributed by atoms with Gasteiger partial charge in [-0.25, -0.2) is 0 Å². The summed E-state index contributed by atoms with van der Waals surface area (Å²) in [7, 11) is 1.56. The van der Waals surface area contributed by atoms with Crippen LogP contribution in [-0.2, 0) is 4.79 Å². The van der Waals surface area contributed by atoms with Gasteiger partial charge in [-0.15, -0.1) is 0 Å². The molecule has 70 valence electrons. The van der Waals surface area contributed by atoms with Crippen LogP contribution in [0, 0.1) is 0 Å². The van der Waals surface area contributed by atoms with Crippen LogP contribution in [0.5, 0.6) is 5.75 Å². The van der Waals surface area contributed by atoms with Crippen molar-refractivity contribution in [3.8, 4) is 5.75 Å². The minimum absolute atomic E-state index is 0.142. The van der Waals surface area contributed by atoms with E-state index in [1.807, 2.05) is 0 Å². The van der Waals surface area contributed by atoms with Gasteiger partial charge in [-0.05, 0) is 12.1 Å². The number of carbonyl (C=O) groups is 1. The van der Waals surface area contributed by atoms with Crippen molar-refractivity contribution in [1.82, 2.24) is 0 Å². The predicted molar refractivity (Wildman–Crippen MR) is 51.7 cm³/mol. The molecule has 1 aromatic rings. The summed E-state index contributed by atoms with van der Waals surface area (Å²) in [4.78, 5) is 10.7. The monoisotopic (exact) mass is 180 g/mol. The van der Waals surface area contributed by atoms with Crippen LogP contribution in [0.15, 0.2) is 18.2 Å². The number of amides is 1. The summed E-state index contributed by atoms with van der Waals surface area (Å²) < 4.78 is 4.96. The van der Waals surface area contributed by atoms with E-state index in [1.54, 1.807) is 25.3 Å². The Morgan fingerprint density at radius 3 is 2.69 bits per heavy atom. The van der Waals surface area contributed by atoms with E-state index in [0.29, 0.717) is 17.1 Å². The second-order valence-electron chi connectivity index (χ2n) is 2.63. The van der Waals surface area contributed by atoms with Crippen molar-refractivity contribution in [2.45, 2.75) is 6.92 Å². The van der Waals surface area contributed by atoms with Crippen molar-refractivity contribution in [3.63, 3.8) is 0 Å². The third kappa shape index (κ3) is 2.37. The van der Waals surface area contributed by atoms with Crippen LogP contribution in [-0.4, -0.2) is 13.0 Å². The van der Waals surface area contributed by atoms with Crippen molar-refractivity contribution in [2.75, 3.05) is 18.2 Å². The molecule has 0 aliphatic rings. The number of carbonyl (C=O) groups excluding carboxylic acids is 1. The van der Waals surface area contributed by atoms with E-state index >= 15 is 0 Å². The van der Waals surface area contributed by atoms with Gasteiger partial charge in [-0.2, -0.15) is 0 Å². The highest BCUT2D eigenvalue weighted by Crippen LogP contribution is 2.23. The number of hydrogen-bond donors (Lipinski definition) is 2. The van der Waals surface area contributed by atoms with Crippen molar-refractivity contribution in [2.24, 2.45) is 0 Å². The van der Waals surface area contributed by atoms with Crippen LogP contribution >= 0.6 is 0 Å². The van der Waals surface area contributed by atoms with Gasteiger partial charge in [-0.3, -0.25) is 4.79 Å². The molecule has 0 aromatic heterocycles. The molecule has 0 fully saturated rings. The Bertz CT molecular complexity index is 323. The maximum Gasteiger partial charge on any atom is 0.221 e. The molecule has 0 atom stereocenters. The molecule has 0 aliphatic carbocycles. The molecule has 0 aliphatic heterocycles. The van der Waals surface area contributed by atoms with Gasteiger partial charge >= 0.3 is 0 Å². The van der Waals surface area contributed by atoms with Crippen molar-refractivity contribution in [1.29, 1.82) is 0 Å². The molecule has 0 radical (unpaired) electrons. The Hall–Kier alpha value is -1.71. The van der Waals surface area contributed by atoms with Crippen molar-refractivity contribution >= 4 is 17.3 Å². The summed E-state index contributed by atoms with van der Waals surface area (Å²) in [6.45, 7) is 1.43. The number of rotatable bonds is 2. The first-order valence-electron chi connectivity index (χ1n) is 3.84. The summed E-state index contributed by atoms with van der Waals surface area (Å²) in [5.74, 6) is 0.531. The largest absolute Gasteiger partial charge is 0.497 e. The minimum atomic E-state index is -0.142. The molecule has 4 nitrogen and oxygen atoms in total. The zero-order chi connectivity index (χ0) is 9.84. The van der Waals surface area contributed by atoms with Gasteiger partial charge in [0.15, 0.2) is 0 Å². The number of nitrogens with two attached hydrogens (primary N) is 1. The lowest BCUT2D eigenvalue weighted by molar-refractivity contribution is -0.114. The van der Waals surface area contributed by atoms with E-state index < -0.39 is 0 Å². The Morgan fingerprint density at radius 1 is 1.54 bits per heavy atom. The molecule has 0 unspecified atom stereocenters. The summed E-state index contributed by atoms with van der Waals surface area (Å²) in [6.07, 6.45) is 0. The normalized spacial score (nSPS) is 9.38. The van der Waals surface area contributed by atoms with Gasteiger partial charge < -0.3 is 15.8 Å². The van der Waals surface area contributed by atoms with Gasteiger partial charge in [-0.1, -0.05) is 0 Å². The SMILES string of the molecule is COc1ccc(NC(C)=O)c(N)c1. The quantitative estimate of drug-likeness (QED) is 0.673.